The zero-order chi connectivity index (χ0) is 90.0. The number of benzene rings is 11. The van der Waals surface area contributed by atoms with Gasteiger partial charge in [0, 0.05) is 81.1 Å². The van der Waals surface area contributed by atoms with Crippen LogP contribution < -0.4 is 34.3 Å². The number of carbonyl (C=O) groups is 8. The fourth-order valence-electron chi connectivity index (χ4n) is 11.4. The Labute approximate surface area is 760 Å². The number of anilines is 2. The molecular formula is C108H103ClN2O18. The molecule has 0 spiro atoms. The van der Waals surface area contributed by atoms with Crippen molar-refractivity contribution < 1.29 is 87.9 Å². The Hall–Kier alpha value is -15.9. The first kappa shape index (κ1) is 100. The van der Waals surface area contributed by atoms with Crippen LogP contribution in [0.25, 0.3) is 0 Å². The van der Waals surface area contributed by atoms with Crippen molar-refractivity contribution in [3.63, 3.8) is 0 Å². The van der Waals surface area contributed by atoms with Crippen LogP contribution in [0, 0.1) is 47.4 Å². The lowest BCUT2D eigenvalue weighted by atomic mass is 10.1. The first-order valence-corrected chi connectivity index (χ1v) is 41.3. The van der Waals surface area contributed by atoms with Gasteiger partial charge in [0.2, 0.25) is 0 Å². The number of ether oxygens (including phenoxy) is 8. The molecule has 0 bridgehead atoms. The van der Waals surface area contributed by atoms with E-state index in [9.17, 15) is 48.6 Å². The van der Waals surface area contributed by atoms with Crippen molar-refractivity contribution in [3.05, 3.63) is 377 Å². The lowest BCUT2D eigenvalue weighted by Gasteiger charge is -2.13. The number of esters is 5. The minimum atomic E-state index is -0.728. The van der Waals surface area contributed by atoms with Gasteiger partial charge in [0.1, 0.15) is 40.2 Å². The summed E-state index contributed by atoms with van der Waals surface area (Å²) in [5, 5.41) is 24.4. The largest absolute Gasteiger partial charge is 0.508 e. The van der Waals surface area contributed by atoms with Crippen molar-refractivity contribution in [1.82, 2.24) is 0 Å². The quantitative estimate of drug-likeness (QED) is 0.00415. The van der Waals surface area contributed by atoms with E-state index in [4.69, 9.17) is 49.5 Å². The standard InChI is InChI=1S/C61H55NO11.C29H19NO3.C16H19ClO4.2CH4.H2/c1-3-57(63)70-42-14-7-5-12-40-68-52-34-28-49(29-35-52)60(66)72-54-38-39-56(73-61(67)50-30-36-53(37-31-50)69-41-13-6-8-15-43-71-58(64)4-2)55(44-54)59(65)62-51-32-26-48(27-33-51)25-24-47-22-20-46(21-23-47)19-18-45-16-10-9-11-17-45;31-26-18-19-28(32)27(20-26)29(33)30-25-16-14-24(15-17-25)13-12-23-10-8-22(9-11-23)7-6-21-4-2-1-3-5-21;1-2-15(18)21-12-6-4-3-5-11-20-14-9-7-13(8-10-14)16(17)19;;;/h3-4,9-11,16-17,20-23,26-39,44H,1-2,5-8,12-15,40-43H2,(H,62,65);1-5,8-11,14-20,31-32H,(H,30,33);2,7-10H,1,3-6,11-12H2;2*1H4;1H. The number of aromatic hydroxyl groups is 2. The molecule has 0 atom stereocenters. The molecule has 129 heavy (non-hydrogen) atoms. The molecule has 0 aliphatic heterocycles. The van der Waals surface area contributed by atoms with Crippen LogP contribution in [0.5, 0.6) is 40.2 Å². The van der Waals surface area contributed by atoms with E-state index in [1.165, 1.54) is 36.4 Å². The second-order valence-corrected chi connectivity index (χ2v) is 28.2. The zero-order valence-electron chi connectivity index (χ0n) is 69.8. The van der Waals surface area contributed by atoms with Crippen LogP contribution in [0.3, 0.4) is 0 Å². The summed E-state index contributed by atoms with van der Waals surface area (Å²) in [6, 6.07) is 76.6. The molecular weight excluding hydrogens is 1650 g/mol. The van der Waals surface area contributed by atoms with E-state index in [-0.39, 0.29) is 67.5 Å². The van der Waals surface area contributed by atoms with Crippen molar-refractivity contribution in [2.75, 3.05) is 50.3 Å². The maximum absolute atomic E-state index is 14.0. The molecule has 0 saturated heterocycles. The van der Waals surface area contributed by atoms with Crippen LogP contribution in [0.1, 0.15) is 190 Å². The van der Waals surface area contributed by atoms with Gasteiger partial charge >= 0.3 is 29.8 Å². The van der Waals surface area contributed by atoms with Crippen molar-refractivity contribution in [2.24, 2.45) is 0 Å². The van der Waals surface area contributed by atoms with Crippen LogP contribution in [-0.4, -0.2) is 96.8 Å². The molecule has 2 amide bonds. The molecule has 4 N–H and O–H groups in total. The summed E-state index contributed by atoms with van der Waals surface area (Å²) in [6.07, 6.45) is 13.8. The van der Waals surface area contributed by atoms with Gasteiger partial charge in [-0.2, -0.15) is 0 Å². The highest BCUT2D eigenvalue weighted by Crippen LogP contribution is 2.30. The van der Waals surface area contributed by atoms with Crippen LogP contribution in [-0.2, 0) is 28.6 Å². The molecule has 0 heterocycles. The van der Waals surface area contributed by atoms with Crippen LogP contribution in [0.4, 0.5) is 11.4 Å². The molecule has 11 rings (SSSR count). The fraction of sp³-hybridized carbons (Fsp3) is 0.185. The van der Waals surface area contributed by atoms with Gasteiger partial charge in [-0.25, -0.2) is 24.0 Å². The number of carbonyl (C=O) groups excluding carboxylic acids is 8. The summed E-state index contributed by atoms with van der Waals surface area (Å²) in [6.45, 7) is 12.8. The Bertz CT molecular complexity index is 5800. The molecule has 20 nitrogen and oxygen atoms in total. The summed E-state index contributed by atoms with van der Waals surface area (Å²) < 4.78 is 43.6. The molecule has 21 heteroatoms. The topological polar surface area (TPSA) is 275 Å². The molecule has 0 saturated carbocycles. The molecule has 0 fully saturated rings. The monoisotopic (exact) mass is 1750 g/mol. The molecule has 0 aliphatic carbocycles. The van der Waals surface area contributed by atoms with Gasteiger partial charge in [-0.15, -0.1) is 0 Å². The van der Waals surface area contributed by atoms with Gasteiger partial charge < -0.3 is 58.7 Å². The van der Waals surface area contributed by atoms with Gasteiger partial charge in [-0.3, -0.25) is 14.4 Å². The predicted molar refractivity (Wildman–Crippen MR) is 505 cm³/mol. The van der Waals surface area contributed by atoms with Gasteiger partial charge in [-0.05, 0) is 319 Å². The number of phenolic OH excluding ortho intramolecular Hbond substituents is 2. The number of amides is 2. The van der Waals surface area contributed by atoms with E-state index < -0.39 is 40.9 Å². The van der Waals surface area contributed by atoms with Crippen molar-refractivity contribution in [1.29, 1.82) is 0 Å². The first-order valence-electron chi connectivity index (χ1n) is 40.9. The average molecular weight is 1750 g/mol. The van der Waals surface area contributed by atoms with Gasteiger partial charge in [0.15, 0.2) is 0 Å². The van der Waals surface area contributed by atoms with E-state index in [0.717, 1.165) is 140 Å². The second kappa shape index (κ2) is 56.1. The van der Waals surface area contributed by atoms with E-state index in [2.05, 4.69) is 77.7 Å². The Morgan fingerprint density at radius 2 is 0.612 bits per heavy atom. The van der Waals surface area contributed by atoms with E-state index >= 15 is 0 Å². The second-order valence-electron chi connectivity index (χ2n) is 27.8. The Kier molecular flexibility index (Phi) is 43.6. The fourth-order valence-corrected chi connectivity index (χ4v) is 11.6. The van der Waals surface area contributed by atoms with Crippen molar-refractivity contribution in [2.45, 2.75) is 91.9 Å². The summed E-state index contributed by atoms with van der Waals surface area (Å²) in [5.74, 6) is 22.8. The highest BCUT2D eigenvalue weighted by molar-refractivity contribution is 6.67. The average Bonchev–Trinajstić information content (AvgIpc) is 0.816. The Morgan fingerprint density at radius 1 is 0.318 bits per heavy atom. The number of hydrogen-bond donors (Lipinski definition) is 4. The van der Waals surface area contributed by atoms with Gasteiger partial charge in [0.25, 0.3) is 17.1 Å². The number of rotatable bonds is 36. The van der Waals surface area contributed by atoms with E-state index in [0.29, 0.717) is 73.6 Å². The third-order valence-corrected chi connectivity index (χ3v) is 18.5. The Morgan fingerprint density at radius 3 is 0.946 bits per heavy atom. The zero-order valence-corrected chi connectivity index (χ0v) is 70.5. The maximum Gasteiger partial charge on any atom is 0.343 e. The molecule has 11 aromatic rings. The number of hydrogen-bond acceptors (Lipinski definition) is 18. The maximum atomic E-state index is 14.0. The Balaban J connectivity index is 0.000000373. The van der Waals surface area contributed by atoms with Crippen LogP contribution in [0.2, 0.25) is 0 Å². The van der Waals surface area contributed by atoms with E-state index in [1.807, 2.05) is 109 Å². The molecule has 660 valence electrons. The molecule has 0 radical (unpaired) electrons. The summed E-state index contributed by atoms with van der Waals surface area (Å²) in [4.78, 5) is 97.1. The number of phenols is 2. The van der Waals surface area contributed by atoms with Crippen LogP contribution in [0.15, 0.2) is 305 Å². The highest BCUT2D eigenvalue weighted by atomic mass is 35.5. The first-order chi connectivity index (χ1) is 61.8. The SMILES string of the molecule is C.C.C=CC(=O)OCCCCCCOc1ccc(C(=O)Cl)cc1.C=CC(=O)OCCCCCCOc1ccc(C(=O)Oc2ccc(OC(=O)c3ccc(OCCCCCCOC(=O)C=C)cc3)c(C(=O)Nc3ccc(C#Cc4ccc(C#Cc5ccccc5)cc4)cc3)c2)cc1.O=C(Nc1ccc(C#Cc2ccc(C#Cc3ccccc3)cc2)cc1)c1cc(O)ccc1O.[HH]. The third kappa shape index (κ3) is 37.2. The molecule has 0 aliphatic rings. The predicted octanol–water partition coefficient (Wildman–Crippen LogP) is 21.9. The lowest BCUT2D eigenvalue weighted by Crippen LogP contribution is -2.17. The van der Waals surface area contributed by atoms with Gasteiger partial charge in [0.05, 0.1) is 61.9 Å². The molecule has 0 aromatic heterocycles. The highest BCUT2D eigenvalue weighted by Gasteiger charge is 2.21. The van der Waals surface area contributed by atoms with Crippen LogP contribution >= 0.6 is 11.6 Å². The summed E-state index contributed by atoms with van der Waals surface area (Å²) in [7, 11) is 0. The summed E-state index contributed by atoms with van der Waals surface area (Å²) in [5.41, 5.74) is 8.72. The number of nitrogens with one attached hydrogen (secondary N) is 2. The third-order valence-electron chi connectivity index (χ3n) is 18.3. The lowest BCUT2D eigenvalue weighted by molar-refractivity contribution is -0.138. The summed E-state index contributed by atoms with van der Waals surface area (Å²) >= 11 is 5.36. The smallest absolute Gasteiger partial charge is 0.343 e. The minimum absolute atomic E-state index is 0. The van der Waals surface area contributed by atoms with E-state index in [1.54, 1.807) is 121 Å². The molecule has 0 unspecified atom stereocenters. The number of unbranched alkanes of at least 4 members (excludes halogenated alkanes) is 9. The van der Waals surface area contributed by atoms with Crippen molar-refractivity contribution in [3.8, 4) is 87.6 Å². The molecule has 11 aromatic carbocycles. The number of halogens is 1. The minimum Gasteiger partial charge on any atom is -0.508 e. The van der Waals surface area contributed by atoms with Gasteiger partial charge in [-0.1, -0.05) is 118 Å². The van der Waals surface area contributed by atoms with Crippen molar-refractivity contribution >= 4 is 69.9 Å². The normalized spacial score (nSPS) is 9.87.